The van der Waals surface area contributed by atoms with Gasteiger partial charge in [-0.25, -0.2) is 0 Å². The molecule has 12 heavy (non-hydrogen) atoms. The third-order valence-corrected chi connectivity index (χ3v) is 2.23. The number of rotatable bonds is 3. The highest BCUT2D eigenvalue weighted by Gasteiger charge is 2.18. The highest BCUT2D eigenvalue weighted by atomic mass is 16.5. The quantitative estimate of drug-likeness (QED) is 0.465. The van der Waals surface area contributed by atoms with Gasteiger partial charge in [-0.1, -0.05) is 0 Å². The first-order valence-corrected chi connectivity index (χ1v) is 4.31. The largest absolute Gasteiger partial charge is 0.387 e. The van der Waals surface area contributed by atoms with Crippen LogP contribution >= 0.6 is 0 Å². The number of ether oxygens (including phenoxy) is 1. The normalized spacial score (nSPS) is 19.8. The van der Waals surface area contributed by atoms with Crippen molar-refractivity contribution in [1.82, 2.24) is 4.90 Å². The second-order valence-electron chi connectivity index (χ2n) is 3.28. The van der Waals surface area contributed by atoms with Crippen LogP contribution in [0.3, 0.4) is 0 Å². The molecule has 0 aromatic heterocycles. The van der Waals surface area contributed by atoms with Crippen LogP contribution in [0, 0.1) is 5.41 Å². The van der Waals surface area contributed by atoms with Crippen molar-refractivity contribution in [2.75, 3.05) is 26.8 Å². The van der Waals surface area contributed by atoms with E-state index in [1.54, 1.807) is 0 Å². The van der Waals surface area contributed by atoms with Crippen LogP contribution in [0.5, 0.6) is 0 Å². The minimum absolute atomic E-state index is 0.240. The van der Waals surface area contributed by atoms with Crippen LogP contribution in [-0.4, -0.2) is 43.6 Å². The van der Waals surface area contributed by atoms with Gasteiger partial charge in [-0.2, -0.15) is 0 Å². The Morgan fingerprint density at radius 2 is 2.17 bits per heavy atom. The summed E-state index contributed by atoms with van der Waals surface area (Å²) in [6.07, 6.45) is 2.12. The van der Waals surface area contributed by atoms with Crippen LogP contribution in [0.4, 0.5) is 0 Å². The van der Waals surface area contributed by atoms with Gasteiger partial charge in [0.05, 0.1) is 6.54 Å². The first kappa shape index (κ1) is 9.48. The first-order valence-electron chi connectivity index (χ1n) is 4.31. The van der Waals surface area contributed by atoms with Crippen molar-refractivity contribution in [2.45, 2.75) is 18.9 Å². The van der Waals surface area contributed by atoms with Gasteiger partial charge in [-0.3, -0.25) is 10.3 Å². The van der Waals surface area contributed by atoms with Crippen molar-refractivity contribution in [3.8, 4) is 0 Å². The summed E-state index contributed by atoms with van der Waals surface area (Å²) in [6.45, 7) is 2.25. The molecular weight excluding hydrogens is 154 g/mol. The zero-order valence-corrected chi connectivity index (χ0v) is 7.55. The number of nitrogens with one attached hydrogen (secondary N) is 1. The second-order valence-corrected chi connectivity index (χ2v) is 3.28. The lowest BCUT2D eigenvalue weighted by molar-refractivity contribution is 0.0475. The molecule has 0 aromatic rings. The summed E-state index contributed by atoms with van der Waals surface area (Å²) in [5.41, 5.74) is 5.31. The third-order valence-electron chi connectivity index (χ3n) is 2.23. The van der Waals surface area contributed by atoms with E-state index in [2.05, 4.69) is 4.90 Å². The van der Waals surface area contributed by atoms with Crippen LogP contribution in [0.15, 0.2) is 0 Å². The molecule has 4 heteroatoms. The van der Waals surface area contributed by atoms with E-state index in [4.69, 9.17) is 15.9 Å². The van der Waals surface area contributed by atoms with E-state index in [0.29, 0.717) is 12.6 Å². The molecule has 1 aliphatic heterocycles. The average Bonchev–Trinajstić information content (AvgIpc) is 2.05. The van der Waals surface area contributed by atoms with Crippen molar-refractivity contribution >= 4 is 5.84 Å². The van der Waals surface area contributed by atoms with Crippen LogP contribution in [0.2, 0.25) is 0 Å². The van der Waals surface area contributed by atoms with E-state index in [-0.39, 0.29) is 5.84 Å². The molecule has 0 bridgehead atoms. The van der Waals surface area contributed by atoms with Gasteiger partial charge in [-0.15, -0.1) is 0 Å². The monoisotopic (exact) mass is 171 g/mol. The molecule has 1 heterocycles. The number of amidine groups is 1. The summed E-state index contributed by atoms with van der Waals surface area (Å²) >= 11 is 0. The Kier molecular flexibility index (Phi) is 3.49. The van der Waals surface area contributed by atoms with Gasteiger partial charge in [0.15, 0.2) is 0 Å². The van der Waals surface area contributed by atoms with Gasteiger partial charge in [-0.05, 0) is 19.9 Å². The SMILES string of the molecule is CN(CC(=N)N)C1CCOCC1. The number of nitrogens with two attached hydrogens (primary N) is 1. The molecular formula is C8H17N3O. The number of hydrogen-bond acceptors (Lipinski definition) is 3. The van der Waals surface area contributed by atoms with Crippen molar-refractivity contribution in [1.29, 1.82) is 5.41 Å². The molecule has 1 rings (SSSR count). The zero-order valence-electron chi connectivity index (χ0n) is 7.55. The Hall–Kier alpha value is -0.610. The van der Waals surface area contributed by atoms with Crippen molar-refractivity contribution < 1.29 is 4.74 Å². The van der Waals surface area contributed by atoms with Crippen LogP contribution < -0.4 is 5.73 Å². The summed E-state index contributed by atoms with van der Waals surface area (Å²) in [5, 5.41) is 7.15. The molecule has 1 saturated heterocycles. The molecule has 1 fully saturated rings. The summed E-state index contributed by atoms with van der Waals surface area (Å²) in [7, 11) is 2.01. The number of hydrogen-bond donors (Lipinski definition) is 2. The van der Waals surface area contributed by atoms with Crippen molar-refractivity contribution in [3.05, 3.63) is 0 Å². The lowest BCUT2D eigenvalue weighted by atomic mass is 10.1. The number of nitrogens with zero attached hydrogens (tertiary/aromatic N) is 1. The highest BCUT2D eigenvalue weighted by Crippen LogP contribution is 2.11. The molecule has 0 atom stereocenters. The molecule has 0 aliphatic carbocycles. The van der Waals surface area contributed by atoms with E-state index in [0.717, 1.165) is 26.1 Å². The maximum Gasteiger partial charge on any atom is 0.105 e. The third kappa shape index (κ3) is 2.79. The molecule has 0 spiro atoms. The molecule has 1 aliphatic rings. The van der Waals surface area contributed by atoms with E-state index in [9.17, 15) is 0 Å². The minimum Gasteiger partial charge on any atom is -0.387 e. The minimum atomic E-state index is 0.240. The zero-order chi connectivity index (χ0) is 8.97. The smallest absolute Gasteiger partial charge is 0.105 e. The van der Waals surface area contributed by atoms with Gasteiger partial charge >= 0.3 is 0 Å². The standard InChI is InChI=1S/C8H17N3O/c1-11(6-8(9)10)7-2-4-12-5-3-7/h7H,2-6H2,1H3,(H3,9,10). The van der Waals surface area contributed by atoms with Gasteiger partial charge in [0, 0.05) is 19.3 Å². The number of likely N-dealkylation sites (N-methyl/N-ethyl adjacent to an activating group) is 1. The Morgan fingerprint density at radius 1 is 1.58 bits per heavy atom. The maximum absolute atomic E-state index is 7.15. The first-order chi connectivity index (χ1) is 5.70. The van der Waals surface area contributed by atoms with E-state index >= 15 is 0 Å². The molecule has 0 amide bonds. The molecule has 0 unspecified atom stereocenters. The predicted molar refractivity (Wildman–Crippen MR) is 48.4 cm³/mol. The Balaban J connectivity index is 2.29. The highest BCUT2D eigenvalue weighted by molar-refractivity contribution is 5.78. The van der Waals surface area contributed by atoms with E-state index in [1.165, 1.54) is 0 Å². The molecule has 70 valence electrons. The van der Waals surface area contributed by atoms with Gasteiger partial charge in [0.25, 0.3) is 0 Å². The predicted octanol–water partition coefficient (Wildman–Crippen LogP) is 0.0332. The fourth-order valence-corrected chi connectivity index (χ4v) is 1.52. The summed E-state index contributed by atoms with van der Waals surface area (Å²) in [4.78, 5) is 2.13. The van der Waals surface area contributed by atoms with Gasteiger partial charge in [0.2, 0.25) is 0 Å². The fraction of sp³-hybridized carbons (Fsp3) is 0.875. The van der Waals surface area contributed by atoms with Gasteiger partial charge in [0.1, 0.15) is 5.84 Å². The maximum atomic E-state index is 7.15. The topological polar surface area (TPSA) is 62.3 Å². The fourth-order valence-electron chi connectivity index (χ4n) is 1.52. The van der Waals surface area contributed by atoms with E-state index in [1.807, 2.05) is 7.05 Å². The summed E-state index contributed by atoms with van der Waals surface area (Å²) in [5.74, 6) is 0.240. The van der Waals surface area contributed by atoms with Crippen molar-refractivity contribution in [3.63, 3.8) is 0 Å². The summed E-state index contributed by atoms with van der Waals surface area (Å²) < 4.78 is 5.24. The van der Waals surface area contributed by atoms with Crippen LogP contribution in [0.25, 0.3) is 0 Å². The molecule has 0 radical (unpaired) electrons. The second kappa shape index (κ2) is 4.42. The van der Waals surface area contributed by atoms with Gasteiger partial charge < -0.3 is 10.5 Å². The average molecular weight is 171 g/mol. The molecule has 0 saturated carbocycles. The van der Waals surface area contributed by atoms with Crippen LogP contribution in [-0.2, 0) is 4.74 Å². The Labute approximate surface area is 73.2 Å². The molecule has 0 aromatic carbocycles. The Morgan fingerprint density at radius 3 is 2.67 bits per heavy atom. The van der Waals surface area contributed by atoms with Crippen LogP contribution in [0.1, 0.15) is 12.8 Å². The van der Waals surface area contributed by atoms with Crippen molar-refractivity contribution in [2.24, 2.45) is 5.73 Å². The lowest BCUT2D eigenvalue weighted by Crippen LogP contribution is -2.41. The summed E-state index contributed by atoms with van der Waals surface area (Å²) in [6, 6.07) is 0.544. The van der Waals surface area contributed by atoms with E-state index < -0.39 is 0 Å². The lowest BCUT2D eigenvalue weighted by Gasteiger charge is -2.30. The Bertz CT molecular complexity index is 154. The molecule has 4 nitrogen and oxygen atoms in total. The molecule has 3 N–H and O–H groups in total.